The molecule has 0 aliphatic heterocycles. The number of rotatable bonds is 4. The zero-order chi connectivity index (χ0) is 14.0. The topological polar surface area (TPSA) is 46.6 Å². The van der Waals surface area contributed by atoms with Gasteiger partial charge in [-0.1, -0.05) is 0 Å². The van der Waals surface area contributed by atoms with Gasteiger partial charge in [0.2, 0.25) is 0 Å². The molecule has 2 aromatic heterocycles. The molecule has 0 unspecified atom stereocenters. The highest BCUT2D eigenvalue weighted by Gasteiger charge is 2.22. The summed E-state index contributed by atoms with van der Waals surface area (Å²) in [6, 6.07) is 7.21. The Kier molecular flexibility index (Phi) is 4.14. The van der Waals surface area contributed by atoms with Crippen LogP contribution in [-0.4, -0.2) is 16.8 Å². The molecule has 0 spiro atoms. The number of aryl methyl sites for hydroxylation is 1. The van der Waals surface area contributed by atoms with Gasteiger partial charge in [0, 0.05) is 6.04 Å². The van der Waals surface area contributed by atoms with Crippen molar-refractivity contribution in [2.75, 3.05) is 0 Å². The molecule has 0 radical (unpaired) electrons. The molecular weight excluding hydrogens is 310 g/mol. The van der Waals surface area contributed by atoms with Gasteiger partial charge in [-0.25, -0.2) is 0 Å². The molecule has 2 heterocycles. The van der Waals surface area contributed by atoms with E-state index in [0.29, 0.717) is 17.0 Å². The highest BCUT2D eigenvalue weighted by Crippen LogP contribution is 2.19. The Morgan fingerprint density at radius 1 is 1.26 bits per heavy atom. The van der Waals surface area contributed by atoms with Crippen molar-refractivity contribution in [1.82, 2.24) is 4.90 Å². The number of hydrogen-bond acceptors (Lipinski definition) is 3. The van der Waals surface area contributed by atoms with E-state index in [2.05, 4.69) is 15.9 Å². The summed E-state index contributed by atoms with van der Waals surface area (Å²) in [4.78, 5) is 14.1. The molecule has 0 aliphatic carbocycles. The van der Waals surface area contributed by atoms with Crippen LogP contribution in [0, 0.1) is 6.92 Å². The maximum absolute atomic E-state index is 12.4. The van der Waals surface area contributed by atoms with Gasteiger partial charge in [-0.3, -0.25) is 4.79 Å². The van der Waals surface area contributed by atoms with E-state index in [1.807, 2.05) is 32.9 Å². The summed E-state index contributed by atoms with van der Waals surface area (Å²) < 4.78 is 11.4. The first kappa shape index (κ1) is 13.9. The fraction of sp³-hybridized carbons (Fsp3) is 0.357. The number of halogens is 1. The van der Waals surface area contributed by atoms with Crippen molar-refractivity contribution in [3.8, 4) is 0 Å². The number of furan rings is 2. The molecule has 0 aromatic carbocycles. The smallest absolute Gasteiger partial charge is 0.290 e. The van der Waals surface area contributed by atoms with E-state index < -0.39 is 0 Å². The van der Waals surface area contributed by atoms with Crippen LogP contribution < -0.4 is 0 Å². The van der Waals surface area contributed by atoms with Gasteiger partial charge in [-0.2, -0.15) is 0 Å². The van der Waals surface area contributed by atoms with E-state index in [4.69, 9.17) is 8.83 Å². The minimum atomic E-state index is -0.144. The zero-order valence-corrected chi connectivity index (χ0v) is 12.7. The molecule has 2 aromatic rings. The third-order valence-corrected chi connectivity index (χ3v) is 3.22. The van der Waals surface area contributed by atoms with Crippen LogP contribution in [0.5, 0.6) is 0 Å². The van der Waals surface area contributed by atoms with Crippen LogP contribution >= 0.6 is 15.9 Å². The van der Waals surface area contributed by atoms with Gasteiger partial charge < -0.3 is 13.7 Å². The lowest BCUT2D eigenvalue weighted by molar-refractivity contribution is 0.0641. The van der Waals surface area contributed by atoms with Gasteiger partial charge in [0.1, 0.15) is 11.5 Å². The lowest BCUT2D eigenvalue weighted by Gasteiger charge is -2.24. The summed E-state index contributed by atoms with van der Waals surface area (Å²) in [6.45, 7) is 6.24. The van der Waals surface area contributed by atoms with E-state index in [0.717, 1.165) is 11.5 Å². The minimum absolute atomic E-state index is 0.0572. The van der Waals surface area contributed by atoms with Crippen molar-refractivity contribution in [3.05, 3.63) is 46.2 Å². The predicted molar refractivity (Wildman–Crippen MR) is 74.9 cm³/mol. The van der Waals surface area contributed by atoms with Gasteiger partial charge in [-0.05, 0) is 61.0 Å². The summed E-state index contributed by atoms with van der Waals surface area (Å²) in [5.74, 6) is 1.79. The fourth-order valence-electron chi connectivity index (χ4n) is 1.80. The molecule has 5 heteroatoms. The quantitative estimate of drug-likeness (QED) is 0.853. The number of amides is 1. The molecule has 0 fully saturated rings. The molecule has 0 atom stereocenters. The SMILES string of the molecule is Cc1ccc(CN(C(=O)c2ccc(Br)o2)C(C)C)o1. The Labute approximate surface area is 120 Å². The first-order chi connectivity index (χ1) is 8.97. The van der Waals surface area contributed by atoms with Crippen LogP contribution in [-0.2, 0) is 6.54 Å². The molecule has 102 valence electrons. The number of carbonyl (C=O) groups is 1. The standard InChI is InChI=1S/C14H16BrNO3/c1-9(2)16(8-11-5-4-10(3)18-11)14(17)12-6-7-13(15)19-12/h4-7,9H,8H2,1-3H3. The second-order valence-electron chi connectivity index (χ2n) is 4.64. The maximum Gasteiger partial charge on any atom is 0.290 e. The maximum atomic E-state index is 12.4. The third kappa shape index (κ3) is 3.29. The van der Waals surface area contributed by atoms with E-state index in [1.54, 1.807) is 17.0 Å². The molecule has 0 N–H and O–H groups in total. The number of nitrogens with zero attached hydrogens (tertiary/aromatic N) is 1. The van der Waals surface area contributed by atoms with Crippen molar-refractivity contribution in [2.24, 2.45) is 0 Å². The highest BCUT2D eigenvalue weighted by molar-refractivity contribution is 9.10. The summed E-state index contributed by atoms with van der Waals surface area (Å²) in [6.07, 6.45) is 0. The van der Waals surface area contributed by atoms with E-state index in [1.165, 1.54) is 0 Å². The van der Waals surface area contributed by atoms with Crippen LogP contribution in [0.4, 0.5) is 0 Å². The lowest BCUT2D eigenvalue weighted by Crippen LogP contribution is -2.36. The predicted octanol–water partition coefficient (Wildman–Crippen LogP) is 3.99. The van der Waals surface area contributed by atoms with Crippen molar-refractivity contribution in [3.63, 3.8) is 0 Å². The first-order valence-corrected chi connectivity index (χ1v) is 6.88. The van der Waals surface area contributed by atoms with Crippen LogP contribution in [0.15, 0.2) is 37.8 Å². The molecule has 0 saturated carbocycles. The Hall–Kier alpha value is -1.49. The summed E-state index contributed by atoms with van der Waals surface area (Å²) >= 11 is 3.20. The Morgan fingerprint density at radius 2 is 2.00 bits per heavy atom. The minimum Gasteiger partial charge on any atom is -0.464 e. The van der Waals surface area contributed by atoms with Gasteiger partial charge >= 0.3 is 0 Å². The van der Waals surface area contributed by atoms with Gasteiger partial charge in [-0.15, -0.1) is 0 Å². The monoisotopic (exact) mass is 325 g/mol. The van der Waals surface area contributed by atoms with E-state index >= 15 is 0 Å². The molecule has 1 amide bonds. The van der Waals surface area contributed by atoms with E-state index in [-0.39, 0.29) is 11.9 Å². The average molecular weight is 326 g/mol. The number of hydrogen-bond donors (Lipinski definition) is 0. The second kappa shape index (κ2) is 5.65. The van der Waals surface area contributed by atoms with Gasteiger partial charge in [0.15, 0.2) is 10.4 Å². The normalized spacial score (nSPS) is 11.0. The van der Waals surface area contributed by atoms with Crippen LogP contribution in [0.2, 0.25) is 0 Å². The lowest BCUT2D eigenvalue weighted by atomic mass is 10.2. The first-order valence-electron chi connectivity index (χ1n) is 6.09. The molecule has 19 heavy (non-hydrogen) atoms. The largest absolute Gasteiger partial charge is 0.464 e. The molecule has 2 rings (SSSR count). The number of carbonyl (C=O) groups excluding carboxylic acids is 1. The highest BCUT2D eigenvalue weighted by atomic mass is 79.9. The van der Waals surface area contributed by atoms with Crippen molar-refractivity contribution in [1.29, 1.82) is 0 Å². The Balaban J connectivity index is 2.18. The van der Waals surface area contributed by atoms with Crippen LogP contribution in [0.3, 0.4) is 0 Å². The fourth-order valence-corrected chi connectivity index (χ4v) is 2.10. The summed E-state index contributed by atoms with van der Waals surface area (Å²) in [7, 11) is 0. The zero-order valence-electron chi connectivity index (χ0n) is 11.1. The average Bonchev–Trinajstić information content (AvgIpc) is 2.94. The molecular formula is C14H16BrNO3. The van der Waals surface area contributed by atoms with Crippen LogP contribution in [0.25, 0.3) is 0 Å². The molecule has 0 saturated heterocycles. The molecule has 0 aliphatic rings. The van der Waals surface area contributed by atoms with Crippen molar-refractivity contribution in [2.45, 2.75) is 33.4 Å². The molecule has 0 bridgehead atoms. The summed E-state index contributed by atoms with van der Waals surface area (Å²) in [5.41, 5.74) is 0. The van der Waals surface area contributed by atoms with Crippen LogP contribution in [0.1, 0.15) is 35.9 Å². The van der Waals surface area contributed by atoms with E-state index in [9.17, 15) is 4.79 Å². The second-order valence-corrected chi connectivity index (χ2v) is 5.42. The molecule has 4 nitrogen and oxygen atoms in total. The van der Waals surface area contributed by atoms with Gasteiger partial charge in [0.25, 0.3) is 5.91 Å². The summed E-state index contributed by atoms with van der Waals surface area (Å²) in [5, 5.41) is 0. The Bertz CT molecular complexity index is 571. The van der Waals surface area contributed by atoms with Crippen molar-refractivity contribution >= 4 is 21.8 Å². The third-order valence-electron chi connectivity index (χ3n) is 2.79. The van der Waals surface area contributed by atoms with Crippen molar-refractivity contribution < 1.29 is 13.6 Å². The van der Waals surface area contributed by atoms with Gasteiger partial charge in [0.05, 0.1) is 6.54 Å². The Morgan fingerprint density at radius 3 is 2.47 bits per heavy atom.